The monoisotopic (exact) mass is 380 g/mol. The van der Waals surface area contributed by atoms with Crippen LogP contribution in [0.25, 0.3) is 0 Å². The van der Waals surface area contributed by atoms with E-state index in [1.807, 2.05) is 18.2 Å². The second kappa shape index (κ2) is 7.84. The molecular weight excluding hydrogens is 363 g/mol. The Kier molecular flexibility index (Phi) is 6.78. The summed E-state index contributed by atoms with van der Waals surface area (Å²) in [5, 5.41) is 6.66. The van der Waals surface area contributed by atoms with Crippen LogP contribution >= 0.6 is 34.2 Å². The van der Waals surface area contributed by atoms with E-state index in [0.29, 0.717) is 5.02 Å². The van der Waals surface area contributed by atoms with Gasteiger partial charge in [0.15, 0.2) is 0 Å². The molecule has 0 fully saturated rings. The van der Waals surface area contributed by atoms with Gasteiger partial charge < -0.3 is 10.6 Å². The summed E-state index contributed by atoms with van der Waals surface area (Å²) in [6.07, 6.45) is 1.90. The number of nitrogens with one attached hydrogen (secondary N) is 2. The summed E-state index contributed by atoms with van der Waals surface area (Å²) >= 11 is 8.25. The number of hydrogen-bond donors (Lipinski definition) is 2. The number of amides is 1. The van der Waals surface area contributed by atoms with Crippen molar-refractivity contribution in [3.8, 4) is 0 Å². The molecule has 0 aromatic heterocycles. The Bertz CT molecular complexity index is 408. The molecule has 0 bridgehead atoms. The molecule has 0 heterocycles. The molecule has 0 aliphatic carbocycles. The van der Waals surface area contributed by atoms with Gasteiger partial charge in [0.1, 0.15) is 0 Å². The predicted octanol–water partition coefficient (Wildman–Crippen LogP) is 3.66. The van der Waals surface area contributed by atoms with Crippen LogP contribution in [-0.4, -0.2) is 18.5 Å². The van der Waals surface area contributed by atoms with Gasteiger partial charge in [-0.2, -0.15) is 0 Å². The fraction of sp³-hybridized carbons (Fsp3) is 0.462. The smallest absolute Gasteiger partial charge is 0.239 e. The maximum Gasteiger partial charge on any atom is 0.239 e. The molecule has 18 heavy (non-hydrogen) atoms. The maximum atomic E-state index is 11.7. The Balaban J connectivity index is 2.49. The van der Waals surface area contributed by atoms with E-state index in [0.717, 1.165) is 22.1 Å². The number of benzene rings is 1. The third-order valence-electron chi connectivity index (χ3n) is 2.72. The molecule has 0 saturated heterocycles. The van der Waals surface area contributed by atoms with E-state index in [1.54, 1.807) is 0 Å². The first-order valence-corrected chi connectivity index (χ1v) is 7.50. The number of carbonyl (C=O) groups is 1. The highest BCUT2D eigenvalue weighted by molar-refractivity contribution is 14.1. The second-order valence-corrected chi connectivity index (χ2v) is 5.71. The normalized spacial score (nSPS) is 10.5. The third kappa shape index (κ3) is 5.02. The minimum Gasteiger partial charge on any atom is -0.375 e. The van der Waals surface area contributed by atoms with Crippen LogP contribution in [0.1, 0.15) is 26.7 Å². The van der Waals surface area contributed by atoms with Gasteiger partial charge in [0, 0.05) is 9.61 Å². The molecule has 0 unspecified atom stereocenters. The van der Waals surface area contributed by atoms with Crippen LogP contribution in [0.4, 0.5) is 5.69 Å². The molecule has 1 amide bonds. The fourth-order valence-corrected chi connectivity index (χ4v) is 2.26. The summed E-state index contributed by atoms with van der Waals surface area (Å²) in [5.74, 6) is -0.00127. The van der Waals surface area contributed by atoms with Gasteiger partial charge in [0.05, 0.1) is 17.3 Å². The average molecular weight is 381 g/mol. The minimum absolute atomic E-state index is 0.00127. The molecule has 0 aliphatic rings. The lowest BCUT2D eigenvalue weighted by atomic mass is 10.2. The van der Waals surface area contributed by atoms with Crippen LogP contribution < -0.4 is 10.6 Å². The van der Waals surface area contributed by atoms with Crippen LogP contribution in [0.15, 0.2) is 18.2 Å². The molecule has 5 heteroatoms. The first-order valence-electron chi connectivity index (χ1n) is 6.05. The van der Waals surface area contributed by atoms with E-state index in [9.17, 15) is 4.79 Å². The van der Waals surface area contributed by atoms with Gasteiger partial charge in [-0.05, 0) is 53.6 Å². The first-order chi connectivity index (χ1) is 8.56. The van der Waals surface area contributed by atoms with E-state index in [2.05, 4.69) is 47.1 Å². The topological polar surface area (TPSA) is 41.1 Å². The molecule has 1 aromatic carbocycles. The highest BCUT2D eigenvalue weighted by atomic mass is 127. The van der Waals surface area contributed by atoms with Crippen molar-refractivity contribution in [1.29, 1.82) is 0 Å². The first kappa shape index (κ1) is 15.6. The molecule has 2 N–H and O–H groups in total. The van der Waals surface area contributed by atoms with Crippen molar-refractivity contribution in [2.24, 2.45) is 0 Å². The largest absolute Gasteiger partial charge is 0.375 e. The van der Waals surface area contributed by atoms with E-state index in [1.165, 1.54) is 0 Å². The van der Waals surface area contributed by atoms with Gasteiger partial charge >= 0.3 is 0 Å². The third-order valence-corrected chi connectivity index (χ3v) is 3.72. The number of halogens is 2. The van der Waals surface area contributed by atoms with E-state index < -0.39 is 0 Å². The summed E-state index contributed by atoms with van der Waals surface area (Å²) in [7, 11) is 0. The van der Waals surface area contributed by atoms with E-state index in [-0.39, 0.29) is 18.5 Å². The Labute approximate surface area is 127 Å². The van der Waals surface area contributed by atoms with Crippen LogP contribution in [0.3, 0.4) is 0 Å². The number of anilines is 1. The Hall–Kier alpha value is -0.490. The summed E-state index contributed by atoms with van der Waals surface area (Å²) in [6, 6.07) is 5.93. The molecule has 0 spiro atoms. The number of hydrogen-bond acceptors (Lipinski definition) is 2. The van der Waals surface area contributed by atoms with E-state index in [4.69, 9.17) is 11.6 Å². The second-order valence-electron chi connectivity index (χ2n) is 4.06. The molecule has 1 rings (SSSR count). The van der Waals surface area contributed by atoms with Crippen LogP contribution in [0.2, 0.25) is 5.02 Å². The van der Waals surface area contributed by atoms with Crippen molar-refractivity contribution in [1.82, 2.24) is 5.32 Å². The highest BCUT2D eigenvalue weighted by Gasteiger charge is 2.08. The molecule has 0 radical (unpaired) electrons. The fourth-order valence-electron chi connectivity index (χ4n) is 1.58. The Morgan fingerprint density at radius 3 is 2.67 bits per heavy atom. The maximum absolute atomic E-state index is 11.7. The molecule has 3 nitrogen and oxygen atoms in total. The molecule has 0 aliphatic heterocycles. The standard InChI is InChI=1S/C13H18ClIN2O/c1-3-10(4-2)17-13(18)8-16-12-7-9(15)5-6-11(12)14/h5-7,10,16H,3-4,8H2,1-2H3,(H,17,18). The summed E-state index contributed by atoms with van der Waals surface area (Å²) in [6.45, 7) is 4.38. The van der Waals surface area contributed by atoms with Gasteiger partial charge in [-0.15, -0.1) is 0 Å². The van der Waals surface area contributed by atoms with Gasteiger partial charge in [0.2, 0.25) is 5.91 Å². The SMILES string of the molecule is CCC(CC)NC(=O)CNc1cc(I)ccc1Cl. The Morgan fingerprint density at radius 1 is 1.39 bits per heavy atom. The van der Waals surface area contributed by atoms with Crippen LogP contribution in [0, 0.1) is 3.57 Å². The molecular formula is C13H18ClIN2O. The molecule has 1 aromatic rings. The predicted molar refractivity (Wildman–Crippen MR) is 85.2 cm³/mol. The number of rotatable bonds is 6. The minimum atomic E-state index is -0.00127. The lowest BCUT2D eigenvalue weighted by Crippen LogP contribution is -2.37. The van der Waals surface area contributed by atoms with Crippen molar-refractivity contribution < 1.29 is 4.79 Å². The average Bonchev–Trinajstić information content (AvgIpc) is 2.37. The summed E-state index contributed by atoms with van der Waals surface area (Å²) in [4.78, 5) is 11.7. The Morgan fingerprint density at radius 2 is 2.06 bits per heavy atom. The van der Waals surface area contributed by atoms with E-state index >= 15 is 0 Å². The zero-order valence-electron chi connectivity index (χ0n) is 10.6. The van der Waals surface area contributed by atoms with Gasteiger partial charge in [-0.3, -0.25) is 4.79 Å². The lowest BCUT2D eigenvalue weighted by Gasteiger charge is -2.15. The van der Waals surface area contributed by atoms with Gasteiger partial charge in [-0.1, -0.05) is 25.4 Å². The number of carbonyl (C=O) groups excluding carboxylic acids is 1. The molecule has 0 atom stereocenters. The molecule has 0 saturated carbocycles. The lowest BCUT2D eigenvalue weighted by molar-refractivity contribution is -0.120. The molecule has 100 valence electrons. The zero-order valence-corrected chi connectivity index (χ0v) is 13.5. The van der Waals surface area contributed by atoms with Gasteiger partial charge in [0.25, 0.3) is 0 Å². The van der Waals surface area contributed by atoms with Crippen LogP contribution in [0.5, 0.6) is 0 Å². The quantitative estimate of drug-likeness (QED) is 0.740. The van der Waals surface area contributed by atoms with Crippen molar-refractivity contribution in [3.63, 3.8) is 0 Å². The van der Waals surface area contributed by atoms with Crippen LogP contribution in [-0.2, 0) is 4.79 Å². The zero-order chi connectivity index (χ0) is 13.5. The van der Waals surface area contributed by atoms with Crippen molar-refractivity contribution in [3.05, 3.63) is 26.8 Å². The van der Waals surface area contributed by atoms with Gasteiger partial charge in [-0.25, -0.2) is 0 Å². The van der Waals surface area contributed by atoms with Crippen molar-refractivity contribution in [2.75, 3.05) is 11.9 Å². The summed E-state index contributed by atoms with van der Waals surface area (Å²) < 4.78 is 1.08. The van der Waals surface area contributed by atoms with Crippen molar-refractivity contribution >= 4 is 45.8 Å². The highest BCUT2D eigenvalue weighted by Crippen LogP contribution is 2.23. The van der Waals surface area contributed by atoms with Crippen molar-refractivity contribution in [2.45, 2.75) is 32.7 Å². The summed E-state index contributed by atoms with van der Waals surface area (Å²) in [5.41, 5.74) is 0.795.